The van der Waals surface area contributed by atoms with Gasteiger partial charge >= 0.3 is 5.69 Å². The number of sulfonamides is 1. The molecule has 0 fully saturated rings. The highest BCUT2D eigenvalue weighted by molar-refractivity contribution is 7.89. The van der Waals surface area contributed by atoms with Crippen molar-refractivity contribution < 1.29 is 22.9 Å². The lowest BCUT2D eigenvalue weighted by molar-refractivity contribution is -0.385. The van der Waals surface area contributed by atoms with Crippen LogP contribution in [-0.2, 0) is 10.0 Å². The van der Waals surface area contributed by atoms with Crippen molar-refractivity contribution >= 4 is 27.3 Å². The molecule has 0 aliphatic rings. The van der Waals surface area contributed by atoms with Crippen molar-refractivity contribution in [3.63, 3.8) is 0 Å². The van der Waals surface area contributed by atoms with Gasteiger partial charge in [0.1, 0.15) is 0 Å². The van der Waals surface area contributed by atoms with Crippen LogP contribution in [0.1, 0.15) is 30.1 Å². The molecule has 0 aliphatic heterocycles. The molecule has 0 unspecified atom stereocenters. The van der Waals surface area contributed by atoms with Crippen LogP contribution in [0.2, 0.25) is 0 Å². The van der Waals surface area contributed by atoms with Gasteiger partial charge in [-0.3, -0.25) is 14.9 Å². The first kappa shape index (κ1) is 21.3. The number of hydrogen-bond acceptors (Lipinski definition) is 6. The second-order valence-corrected chi connectivity index (χ2v) is 7.64. The van der Waals surface area contributed by atoms with Gasteiger partial charge < -0.3 is 10.1 Å². The highest BCUT2D eigenvalue weighted by atomic mass is 32.2. The van der Waals surface area contributed by atoms with Crippen molar-refractivity contribution in [2.75, 3.05) is 19.0 Å². The zero-order valence-electron chi connectivity index (χ0n) is 15.5. The summed E-state index contributed by atoms with van der Waals surface area (Å²) in [6.07, 6.45) is 1.61. The number of nitro benzene ring substituents is 1. The van der Waals surface area contributed by atoms with E-state index < -0.39 is 20.9 Å². The average molecular weight is 407 g/mol. The third-order valence-corrected chi connectivity index (χ3v) is 5.36. The minimum atomic E-state index is -3.60. The lowest BCUT2D eigenvalue weighted by Gasteiger charge is -2.09. The Morgan fingerprint density at radius 3 is 2.43 bits per heavy atom. The van der Waals surface area contributed by atoms with Crippen molar-refractivity contribution in [3.8, 4) is 5.75 Å². The quantitative estimate of drug-likeness (QED) is 0.374. The van der Waals surface area contributed by atoms with Gasteiger partial charge in [0.25, 0.3) is 5.91 Å². The van der Waals surface area contributed by atoms with Crippen LogP contribution >= 0.6 is 0 Å². The Morgan fingerprint density at radius 1 is 1.18 bits per heavy atom. The van der Waals surface area contributed by atoms with Gasteiger partial charge in [-0.15, -0.1) is 0 Å². The molecule has 0 spiro atoms. The zero-order valence-corrected chi connectivity index (χ0v) is 16.3. The minimum Gasteiger partial charge on any atom is -0.490 e. The summed E-state index contributed by atoms with van der Waals surface area (Å²) in [6.45, 7) is 2.32. The second-order valence-electron chi connectivity index (χ2n) is 5.87. The monoisotopic (exact) mass is 407 g/mol. The molecule has 1 amide bonds. The summed E-state index contributed by atoms with van der Waals surface area (Å²) >= 11 is 0. The Kier molecular flexibility index (Phi) is 7.07. The first-order valence-corrected chi connectivity index (χ1v) is 10.0. The van der Waals surface area contributed by atoms with Crippen molar-refractivity contribution in [1.29, 1.82) is 0 Å². The molecule has 9 nitrogen and oxygen atoms in total. The van der Waals surface area contributed by atoms with Gasteiger partial charge in [0.2, 0.25) is 10.0 Å². The molecule has 0 heterocycles. The van der Waals surface area contributed by atoms with Crippen LogP contribution < -0.4 is 14.8 Å². The van der Waals surface area contributed by atoms with Crippen LogP contribution in [0.25, 0.3) is 0 Å². The number of ether oxygens (including phenoxy) is 1. The number of hydrogen-bond donors (Lipinski definition) is 2. The van der Waals surface area contributed by atoms with E-state index >= 15 is 0 Å². The van der Waals surface area contributed by atoms with Crippen molar-refractivity contribution in [3.05, 3.63) is 58.1 Å². The maximum absolute atomic E-state index is 12.3. The largest absolute Gasteiger partial charge is 0.490 e. The smallest absolute Gasteiger partial charge is 0.311 e. The number of rotatable bonds is 9. The van der Waals surface area contributed by atoms with E-state index in [9.17, 15) is 23.3 Å². The van der Waals surface area contributed by atoms with Crippen molar-refractivity contribution in [2.45, 2.75) is 24.7 Å². The Labute approximate surface area is 162 Å². The fourth-order valence-corrected chi connectivity index (χ4v) is 3.44. The Balaban J connectivity index is 2.13. The molecule has 2 N–H and O–H groups in total. The van der Waals surface area contributed by atoms with Gasteiger partial charge in [0, 0.05) is 23.9 Å². The van der Waals surface area contributed by atoms with Crippen LogP contribution in [0.4, 0.5) is 11.4 Å². The molecule has 28 heavy (non-hydrogen) atoms. The number of methoxy groups -OCH3 is 1. The predicted octanol–water partition coefficient (Wildman–Crippen LogP) is 2.93. The van der Waals surface area contributed by atoms with Crippen LogP contribution in [0.3, 0.4) is 0 Å². The number of carbonyl (C=O) groups excluding carboxylic acids is 1. The van der Waals surface area contributed by atoms with Gasteiger partial charge in [-0.1, -0.05) is 13.3 Å². The summed E-state index contributed by atoms with van der Waals surface area (Å²) in [5, 5.41) is 13.6. The van der Waals surface area contributed by atoms with E-state index in [1.807, 2.05) is 6.92 Å². The van der Waals surface area contributed by atoms with Crippen LogP contribution in [0, 0.1) is 10.1 Å². The number of amides is 1. The van der Waals surface area contributed by atoms with Crippen LogP contribution in [0.15, 0.2) is 47.4 Å². The molecule has 2 rings (SSSR count). The minimum absolute atomic E-state index is 0.0479. The molecule has 0 aliphatic carbocycles. The maximum atomic E-state index is 12.3. The number of nitro groups is 1. The van der Waals surface area contributed by atoms with Gasteiger partial charge in [-0.05, 0) is 42.8 Å². The van der Waals surface area contributed by atoms with E-state index in [1.165, 1.54) is 43.5 Å². The molecule has 0 saturated heterocycles. The van der Waals surface area contributed by atoms with E-state index in [-0.39, 0.29) is 21.9 Å². The van der Waals surface area contributed by atoms with E-state index in [0.29, 0.717) is 12.2 Å². The summed E-state index contributed by atoms with van der Waals surface area (Å²) in [7, 11) is -2.30. The second kappa shape index (κ2) is 9.29. The molecule has 0 saturated carbocycles. The number of unbranched alkanes of at least 4 members (excludes halogenated alkanes) is 1. The number of anilines is 1. The number of nitrogens with one attached hydrogen (secondary N) is 2. The lowest BCUT2D eigenvalue weighted by atomic mass is 10.1. The lowest BCUT2D eigenvalue weighted by Crippen LogP contribution is -2.24. The predicted molar refractivity (Wildman–Crippen MR) is 104 cm³/mol. The molecule has 2 aromatic carbocycles. The van der Waals surface area contributed by atoms with E-state index in [0.717, 1.165) is 18.9 Å². The topological polar surface area (TPSA) is 128 Å². The fourth-order valence-electron chi connectivity index (χ4n) is 2.36. The summed E-state index contributed by atoms with van der Waals surface area (Å²) in [5.41, 5.74) is 0.108. The van der Waals surface area contributed by atoms with Gasteiger partial charge in [0.15, 0.2) is 5.75 Å². The van der Waals surface area contributed by atoms with Crippen LogP contribution in [0.5, 0.6) is 5.75 Å². The standard InChI is InChI=1S/C18H21N3O6S/c1-3-4-11-19-28(25,26)15-8-6-14(7-9-15)20-18(22)13-5-10-17(27-2)16(12-13)21(23)24/h5-10,12,19H,3-4,11H2,1-2H3,(H,20,22). The third kappa shape index (κ3) is 5.27. The SMILES string of the molecule is CCCCNS(=O)(=O)c1ccc(NC(=O)c2ccc(OC)c([N+](=O)[O-])c2)cc1. The molecular formula is C18H21N3O6S. The van der Waals surface area contributed by atoms with Crippen LogP contribution in [-0.4, -0.2) is 32.9 Å². The number of carbonyl (C=O) groups is 1. The first-order valence-electron chi connectivity index (χ1n) is 8.52. The van der Waals surface area contributed by atoms with Gasteiger partial charge in [0.05, 0.1) is 16.9 Å². The molecule has 10 heteroatoms. The number of benzene rings is 2. The summed E-state index contributed by atoms with van der Waals surface area (Å²) in [4.78, 5) is 22.9. The zero-order chi connectivity index (χ0) is 20.7. The highest BCUT2D eigenvalue weighted by Crippen LogP contribution is 2.28. The normalized spacial score (nSPS) is 11.1. The third-order valence-electron chi connectivity index (χ3n) is 3.88. The van der Waals surface area contributed by atoms with E-state index in [2.05, 4.69) is 10.0 Å². The summed E-state index contributed by atoms with van der Waals surface area (Å²) < 4.78 is 31.7. The Morgan fingerprint density at radius 2 is 1.86 bits per heavy atom. The van der Waals surface area contributed by atoms with Gasteiger partial charge in [-0.2, -0.15) is 0 Å². The molecule has 0 radical (unpaired) electrons. The molecule has 0 atom stereocenters. The molecule has 0 bridgehead atoms. The van der Waals surface area contributed by atoms with Crippen molar-refractivity contribution in [2.24, 2.45) is 0 Å². The van der Waals surface area contributed by atoms with Crippen molar-refractivity contribution in [1.82, 2.24) is 4.72 Å². The molecule has 2 aromatic rings. The fraction of sp³-hybridized carbons (Fsp3) is 0.278. The Hall–Kier alpha value is -2.98. The molecule has 0 aromatic heterocycles. The first-order chi connectivity index (χ1) is 13.3. The summed E-state index contributed by atoms with van der Waals surface area (Å²) in [6, 6.07) is 9.50. The van der Waals surface area contributed by atoms with E-state index in [1.54, 1.807) is 0 Å². The van der Waals surface area contributed by atoms with Gasteiger partial charge in [-0.25, -0.2) is 13.1 Å². The highest BCUT2D eigenvalue weighted by Gasteiger charge is 2.18. The number of nitrogens with zero attached hydrogens (tertiary/aromatic N) is 1. The van der Waals surface area contributed by atoms with E-state index in [4.69, 9.17) is 4.74 Å². The molecule has 150 valence electrons. The maximum Gasteiger partial charge on any atom is 0.311 e. The Bertz CT molecular complexity index is 958. The summed E-state index contributed by atoms with van der Waals surface area (Å²) in [5.74, 6) is -0.519. The average Bonchev–Trinajstić information content (AvgIpc) is 2.68. The molecular weight excluding hydrogens is 386 g/mol.